The first-order chi connectivity index (χ1) is 15.1. The number of nitrogens with one attached hydrogen (secondary N) is 2. The Hall–Kier alpha value is -3.39. The van der Waals surface area contributed by atoms with Gasteiger partial charge in [0.15, 0.2) is 0 Å². The summed E-state index contributed by atoms with van der Waals surface area (Å²) in [6, 6.07) is 15.7. The van der Waals surface area contributed by atoms with Gasteiger partial charge in [-0.3, -0.25) is 4.79 Å². The van der Waals surface area contributed by atoms with Crippen molar-refractivity contribution in [2.75, 3.05) is 13.7 Å². The number of carbonyl (C=O) groups excluding carboxylic acids is 2. The topological polar surface area (TPSA) is 87.3 Å². The molecule has 31 heavy (non-hydrogen) atoms. The second-order valence-corrected chi connectivity index (χ2v) is 7.94. The van der Waals surface area contributed by atoms with Crippen LogP contribution in [0, 0.1) is 0 Å². The van der Waals surface area contributed by atoms with Crippen LogP contribution in [-0.2, 0) is 9.53 Å². The maximum absolute atomic E-state index is 13.5. The third kappa shape index (κ3) is 4.54. The number of nitrogens with zero attached hydrogens (tertiary/aromatic N) is 2. The van der Waals surface area contributed by atoms with Crippen LogP contribution < -0.4 is 5.32 Å². The molecule has 0 bridgehead atoms. The predicted molar refractivity (Wildman–Crippen MR) is 120 cm³/mol. The Morgan fingerprint density at radius 2 is 1.94 bits per heavy atom. The summed E-state index contributed by atoms with van der Waals surface area (Å²) >= 11 is 3.44. The number of methoxy groups -OCH3 is 1. The van der Waals surface area contributed by atoms with Gasteiger partial charge in [-0.15, -0.1) is 0 Å². The van der Waals surface area contributed by atoms with Crippen LogP contribution in [-0.4, -0.2) is 40.5 Å². The molecule has 4 rings (SSSR count). The summed E-state index contributed by atoms with van der Waals surface area (Å²) in [5.74, 6) is 0.415. The lowest BCUT2D eigenvalue weighted by Gasteiger charge is -2.28. The van der Waals surface area contributed by atoms with Crippen molar-refractivity contribution in [2.24, 2.45) is 0 Å². The van der Waals surface area contributed by atoms with Crippen molar-refractivity contribution in [3.8, 4) is 11.3 Å². The summed E-state index contributed by atoms with van der Waals surface area (Å²) in [5.41, 5.74) is 2.45. The zero-order chi connectivity index (χ0) is 21.8. The van der Waals surface area contributed by atoms with E-state index in [0.717, 1.165) is 15.7 Å². The molecule has 2 heterocycles. The van der Waals surface area contributed by atoms with E-state index >= 15 is 0 Å². The zero-order valence-electron chi connectivity index (χ0n) is 16.8. The van der Waals surface area contributed by atoms with Gasteiger partial charge in [0.05, 0.1) is 12.8 Å². The Balaban J connectivity index is 1.59. The number of aromatic nitrogens is 2. The van der Waals surface area contributed by atoms with Crippen molar-refractivity contribution in [3.63, 3.8) is 0 Å². The van der Waals surface area contributed by atoms with E-state index in [1.54, 1.807) is 17.0 Å². The number of amides is 2. The molecule has 158 valence electrons. The molecule has 2 amide bonds. The number of hydrogen-bond donors (Lipinski definition) is 2. The molecule has 0 aliphatic carbocycles. The Bertz CT molecular complexity index is 1100. The summed E-state index contributed by atoms with van der Waals surface area (Å²) in [6.07, 6.45) is 5.02. The smallest absolute Gasteiger partial charge is 0.407 e. The number of halogens is 1. The average Bonchev–Trinajstić information content (AvgIpc) is 3.47. The van der Waals surface area contributed by atoms with E-state index in [-0.39, 0.29) is 11.9 Å². The number of carbonyl (C=O) groups is 2. The number of imidazole rings is 1. The fraction of sp³-hybridized carbons (Fsp3) is 0.174. The number of aromatic amines is 1. The fourth-order valence-electron chi connectivity index (χ4n) is 3.52. The third-order valence-corrected chi connectivity index (χ3v) is 5.61. The first kappa shape index (κ1) is 20.9. The molecule has 1 aliphatic rings. The molecule has 0 spiro atoms. The SMILES string of the molecule is COC(=O)NC(C(=O)N1CC=C[C@H]1c1nc(-c2ccc(Br)cc2)c[nH]1)c1ccccc1. The van der Waals surface area contributed by atoms with Crippen molar-refractivity contribution in [1.29, 1.82) is 0 Å². The van der Waals surface area contributed by atoms with Crippen LogP contribution in [0.4, 0.5) is 4.79 Å². The summed E-state index contributed by atoms with van der Waals surface area (Å²) in [5, 5.41) is 2.65. The van der Waals surface area contributed by atoms with Crippen LogP contribution in [0.2, 0.25) is 0 Å². The van der Waals surface area contributed by atoms with Gasteiger partial charge in [0, 0.05) is 22.8 Å². The minimum absolute atomic E-state index is 0.242. The molecule has 2 atom stereocenters. The van der Waals surface area contributed by atoms with Gasteiger partial charge in [0.25, 0.3) is 5.91 Å². The second kappa shape index (κ2) is 9.18. The van der Waals surface area contributed by atoms with Crippen LogP contribution in [0.1, 0.15) is 23.5 Å². The summed E-state index contributed by atoms with van der Waals surface area (Å²) in [6.45, 7) is 0.421. The monoisotopic (exact) mass is 480 g/mol. The number of hydrogen-bond acceptors (Lipinski definition) is 4. The van der Waals surface area contributed by atoms with Crippen LogP contribution in [0.3, 0.4) is 0 Å². The first-order valence-corrected chi connectivity index (χ1v) is 10.5. The number of H-pyrrole nitrogens is 1. The van der Waals surface area contributed by atoms with Crippen LogP contribution in [0.5, 0.6) is 0 Å². The highest BCUT2D eigenvalue weighted by Crippen LogP contribution is 2.30. The number of benzene rings is 2. The first-order valence-electron chi connectivity index (χ1n) is 9.74. The van der Waals surface area contributed by atoms with E-state index in [4.69, 9.17) is 9.72 Å². The minimum atomic E-state index is -0.864. The fourth-order valence-corrected chi connectivity index (χ4v) is 3.78. The van der Waals surface area contributed by atoms with Crippen LogP contribution in [0.15, 0.2) is 77.4 Å². The highest BCUT2D eigenvalue weighted by Gasteiger charge is 2.34. The van der Waals surface area contributed by atoms with E-state index in [0.29, 0.717) is 17.9 Å². The van der Waals surface area contributed by atoms with Gasteiger partial charge in [0.1, 0.15) is 17.9 Å². The highest BCUT2D eigenvalue weighted by atomic mass is 79.9. The van der Waals surface area contributed by atoms with Crippen molar-refractivity contribution in [2.45, 2.75) is 12.1 Å². The van der Waals surface area contributed by atoms with Crippen molar-refractivity contribution in [3.05, 3.63) is 88.8 Å². The molecule has 7 nitrogen and oxygen atoms in total. The Morgan fingerprint density at radius 3 is 2.65 bits per heavy atom. The molecule has 1 unspecified atom stereocenters. The van der Waals surface area contributed by atoms with Crippen molar-refractivity contribution >= 4 is 27.9 Å². The molecule has 2 N–H and O–H groups in total. The normalized spacial score (nSPS) is 16.2. The molecule has 0 radical (unpaired) electrons. The van der Waals surface area contributed by atoms with Crippen molar-refractivity contribution < 1.29 is 14.3 Å². The Kier molecular flexibility index (Phi) is 6.18. The van der Waals surface area contributed by atoms with Gasteiger partial charge in [-0.2, -0.15) is 0 Å². The predicted octanol–water partition coefficient (Wildman–Crippen LogP) is 4.38. The molecule has 1 aliphatic heterocycles. The highest BCUT2D eigenvalue weighted by molar-refractivity contribution is 9.10. The lowest BCUT2D eigenvalue weighted by molar-refractivity contribution is -0.134. The molecular weight excluding hydrogens is 460 g/mol. The molecule has 0 fully saturated rings. The molecule has 3 aromatic rings. The lowest BCUT2D eigenvalue weighted by Crippen LogP contribution is -2.43. The van der Waals surface area contributed by atoms with Gasteiger partial charge in [-0.1, -0.05) is 70.5 Å². The maximum Gasteiger partial charge on any atom is 0.407 e. The zero-order valence-corrected chi connectivity index (χ0v) is 18.4. The maximum atomic E-state index is 13.5. The van der Waals surface area contributed by atoms with Crippen molar-refractivity contribution in [1.82, 2.24) is 20.2 Å². The van der Waals surface area contributed by atoms with Gasteiger partial charge < -0.3 is 19.9 Å². The molecule has 0 saturated heterocycles. The third-order valence-electron chi connectivity index (χ3n) is 5.08. The van der Waals surface area contributed by atoms with Gasteiger partial charge in [0.2, 0.25) is 0 Å². The molecular formula is C23H21BrN4O3. The lowest BCUT2D eigenvalue weighted by atomic mass is 10.1. The van der Waals surface area contributed by atoms with E-state index in [9.17, 15) is 9.59 Å². The Labute approximate surface area is 188 Å². The summed E-state index contributed by atoms with van der Waals surface area (Å²) < 4.78 is 5.72. The number of rotatable bonds is 5. The largest absolute Gasteiger partial charge is 0.453 e. The summed E-state index contributed by atoms with van der Waals surface area (Å²) in [4.78, 5) is 35.0. The standard InChI is InChI=1S/C23H21BrN4O3/c1-31-23(30)27-20(16-6-3-2-4-7-16)22(29)28-13-5-8-19(28)21-25-14-18(26-21)15-9-11-17(24)12-10-15/h2-12,14,19-20H,13H2,1H3,(H,25,26)(H,27,30)/t19-,20?/m0/s1. The van der Waals surface area contributed by atoms with Gasteiger partial charge in [-0.25, -0.2) is 9.78 Å². The van der Waals surface area contributed by atoms with Gasteiger partial charge in [-0.05, 0) is 17.7 Å². The minimum Gasteiger partial charge on any atom is -0.453 e. The van der Waals surface area contributed by atoms with Crippen LogP contribution in [0.25, 0.3) is 11.3 Å². The molecule has 0 saturated carbocycles. The van der Waals surface area contributed by atoms with E-state index in [2.05, 4.69) is 26.2 Å². The van der Waals surface area contributed by atoms with Gasteiger partial charge >= 0.3 is 6.09 Å². The average molecular weight is 481 g/mol. The van der Waals surface area contributed by atoms with E-state index in [1.165, 1.54) is 7.11 Å². The number of ether oxygens (including phenoxy) is 1. The second-order valence-electron chi connectivity index (χ2n) is 7.02. The van der Waals surface area contributed by atoms with E-state index in [1.807, 2.05) is 60.8 Å². The quantitative estimate of drug-likeness (QED) is 0.530. The molecule has 2 aromatic carbocycles. The Morgan fingerprint density at radius 1 is 1.19 bits per heavy atom. The summed E-state index contributed by atoms with van der Waals surface area (Å²) in [7, 11) is 1.27. The molecule has 8 heteroatoms. The number of alkyl carbamates (subject to hydrolysis) is 1. The molecule has 1 aromatic heterocycles. The van der Waals surface area contributed by atoms with E-state index < -0.39 is 12.1 Å². The van der Waals surface area contributed by atoms with Crippen LogP contribution >= 0.6 is 15.9 Å².